The van der Waals surface area contributed by atoms with E-state index in [4.69, 9.17) is 25.8 Å². The zero-order valence-electron chi connectivity index (χ0n) is 18.7. The van der Waals surface area contributed by atoms with E-state index in [1.165, 1.54) is 7.11 Å². The highest BCUT2D eigenvalue weighted by Gasteiger charge is 2.25. The molecule has 7 nitrogen and oxygen atoms in total. The third-order valence-electron chi connectivity index (χ3n) is 5.48. The lowest BCUT2D eigenvalue weighted by molar-refractivity contribution is -0.132. The highest BCUT2D eigenvalue weighted by atomic mass is 35.5. The van der Waals surface area contributed by atoms with Gasteiger partial charge >= 0.3 is 0 Å². The third-order valence-corrected chi connectivity index (χ3v) is 5.71. The summed E-state index contributed by atoms with van der Waals surface area (Å²) in [5, 5.41) is 0.675. The SMILES string of the molecule is COc1ccc(C(=O)N2CCN(C(=O)CCCOc3ccc(Cl)cc3C)CC2)cc1OC. The number of carbonyl (C=O) groups excluding carboxylic acids is 2. The van der Waals surface area contributed by atoms with E-state index in [0.29, 0.717) is 67.7 Å². The Morgan fingerprint density at radius 3 is 2.22 bits per heavy atom. The maximum atomic E-state index is 12.8. The minimum atomic E-state index is -0.0789. The van der Waals surface area contributed by atoms with E-state index in [2.05, 4.69) is 0 Å². The fraction of sp³-hybridized carbons (Fsp3) is 0.417. The first-order valence-corrected chi connectivity index (χ1v) is 11.0. The standard InChI is InChI=1S/C24H29ClN2O5/c1-17-15-19(25)7-9-20(17)32-14-4-5-23(28)26-10-12-27(13-11-26)24(29)18-6-8-21(30-2)22(16-18)31-3/h6-9,15-16H,4-5,10-14H2,1-3H3. The van der Waals surface area contributed by atoms with Crippen LogP contribution in [0.5, 0.6) is 17.2 Å². The molecule has 0 atom stereocenters. The van der Waals surface area contributed by atoms with Crippen molar-refractivity contribution in [2.24, 2.45) is 0 Å². The highest BCUT2D eigenvalue weighted by Crippen LogP contribution is 2.28. The molecule has 0 radical (unpaired) electrons. The molecular formula is C24H29ClN2O5. The van der Waals surface area contributed by atoms with E-state index in [9.17, 15) is 9.59 Å². The van der Waals surface area contributed by atoms with Crippen molar-refractivity contribution in [1.29, 1.82) is 0 Å². The molecule has 1 heterocycles. The number of nitrogens with zero attached hydrogens (tertiary/aromatic N) is 2. The van der Waals surface area contributed by atoms with Gasteiger partial charge in [0.2, 0.25) is 5.91 Å². The fourth-order valence-corrected chi connectivity index (χ4v) is 3.88. The van der Waals surface area contributed by atoms with Crippen LogP contribution in [0.15, 0.2) is 36.4 Å². The third kappa shape index (κ3) is 5.85. The number of ether oxygens (including phenoxy) is 3. The zero-order valence-corrected chi connectivity index (χ0v) is 19.5. The predicted octanol–water partition coefficient (Wildman–Crippen LogP) is 3.81. The Balaban J connectivity index is 1.43. The summed E-state index contributed by atoms with van der Waals surface area (Å²) in [7, 11) is 3.10. The lowest BCUT2D eigenvalue weighted by Gasteiger charge is -2.35. The van der Waals surface area contributed by atoms with E-state index in [-0.39, 0.29) is 11.8 Å². The monoisotopic (exact) mass is 460 g/mol. The number of rotatable bonds is 8. The van der Waals surface area contributed by atoms with E-state index in [1.54, 1.807) is 36.3 Å². The van der Waals surface area contributed by atoms with Gasteiger partial charge in [-0.15, -0.1) is 0 Å². The summed E-state index contributed by atoms with van der Waals surface area (Å²) in [6.45, 7) is 4.45. The Morgan fingerprint density at radius 1 is 0.906 bits per heavy atom. The topological polar surface area (TPSA) is 68.3 Å². The second-order valence-electron chi connectivity index (χ2n) is 7.60. The lowest BCUT2D eigenvalue weighted by atomic mass is 10.1. The van der Waals surface area contributed by atoms with Gasteiger partial charge in [-0.3, -0.25) is 9.59 Å². The van der Waals surface area contributed by atoms with Crippen LogP contribution in [0.2, 0.25) is 5.02 Å². The van der Waals surface area contributed by atoms with E-state index >= 15 is 0 Å². The first-order valence-electron chi connectivity index (χ1n) is 10.6. The quantitative estimate of drug-likeness (QED) is 0.560. The van der Waals surface area contributed by atoms with Gasteiger partial charge in [-0.1, -0.05) is 11.6 Å². The largest absolute Gasteiger partial charge is 0.493 e. The van der Waals surface area contributed by atoms with Crippen molar-refractivity contribution in [2.45, 2.75) is 19.8 Å². The summed E-state index contributed by atoms with van der Waals surface area (Å²) < 4.78 is 16.3. The summed E-state index contributed by atoms with van der Waals surface area (Å²) in [5.41, 5.74) is 1.51. The van der Waals surface area contributed by atoms with Crippen molar-refractivity contribution in [3.63, 3.8) is 0 Å². The smallest absolute Gasteiger partial charge is 0.254 e. The van der Waals surface area contributed by atoms with Gasteiger partial charge in [-0.2, -0.15) is 0 Å². The number of methoxy groups -OCH3 is 2. The van der Waals surface area contributed by atoms with Crippen LogP contribution in [0.4, 0.5) is 0 Å². The van der Waals surface area contributed by atoms with Gasteiger partial charge in [0, 0.05) is 43.2 Å². The molecule has 0 aromatic heterocycles. The molecule has 1 saturated heterocycles. The van der Waals surface area contributed by atoms with E-state index < -0.39 is 0 Å². The van der Waals surface area contributed by atoms with Gasteiger partial charge in [-0.25, -0.2) is 0 Å². The summed E-state index contributed by atoms with van der Waals surface area (Å²) in [6, 6.07) is 10.6. The van der Waals surface area contributed by atoms with Crippen LogP contribution in [0.3, 0.4) is 0 Å². The molecule has 0 bridgehead atoms. The molecule has 2 aromatic rings. The second-order valence-corrected chi connectivity index (χ2v) is 8.04. The number of amides is 2. The number of hydrogen-bond donors (Lipinski definition) is 0. The summed E-state index contributed by atoms with van der Waals surface area (Å²) in [6.07, 6.45) is 1.04. The molecule has 2 amide bonds. The first-order chi connectivity index (χ1) is 15.4. The Hall–Kier alpha value is -2.93. The number of carbonyl (C=O) groups is 2. The average molecular weight is 461 g/mol. The van der Waals surface area contributed by atoms with Gasteiger partial charge in [-0.05, 0) is 55.3 Å². The van der Waals surface area contributed by atoms with Crippen molar-refractivity contribution in [3.8, 4) is 17.2 Å². The van der Waals surface area contributed by atoms with Gasteiger partial charge in [0.15, 0.2) is 11.5 Å². The Bertz CT molecular complexity index is 957. The molecule has 0 aliphatic carbocycles. The maximum Gasteiger partial charge on any atom is 0.254 e. The van der Waals surface area contributed by atoms with Gasteiger partial charge < -0.3 is 24.0 Å². The molecule has 0 N–H and O–H groups in total. The molecule has 172 valence electrons. The van der Waals surface area contributed by atoms with Crippen LogP contribution in [-0.4, -0.2) is 68.6 Å². The highest BCUT2D eigenvalue weighted by molar-refractivity contribution is 6.30. The first kappa shape index (κ1) is 23.7. The van der Waals surface area contributed by atoms with Crippen molar-refractivity contribution >= 4 is 23.4 Å². The van der Waals surface area contributed by atoms with Crippen molar-refractivity contribution < 1.29 is 23.8 Å². The predicted molar refractivity (Wildman–Crippen MR) is 123 cm³/mol. The molecule has 0 unspecified atom stereocenters. The number of hydrogen-bond acceptors (Lipinski definition) is 5. The van der Waals surface area contributed by atoms with Crippen LogP contribution in [0.1, 0.15) is 28.8 Å². The number of aryl methyl sites for hydroxylation is 1. The molecule has 1 aliphatic heterocycles. The van der Waals surface area contributed by atoms with Crippen LogP contribution >= 0.6 is 11.6 Å². The second kappa shape index (κ2) is 11.1. The zero-order chi connectivity index (χ0) is 23.1. The van der Waals surface area contributed by atoms with Crippen LogP contribution < -0.4 is 14.2 Å². The van der Waals surface area contributed by atoms with Gasteiger partial charge in [0.05, 0.1) is 20.8 Å². The molecule has 2 aromatic carbocycles. The van der Waals surface area contributed by atoms with Gasteiger partial charge in [0.25, 0.3) is 5.91 Å². The molecule has 3 rings (SSSR count). The molecule has 0 spiro atoms. The van der Waals surface area contributed by atoms with E-state index in [1.807, 2.05) is 24.0 Å². The molecule has 0 saturated carbocycles. The van der Waals surface area contributed by atoms with Crippen LogP contribution in [0.25, 0.3) is 0 Å². The molecule has 1 aliphatic rings. The van der Waals surface area contributed by atoms with Crippen LogP contribution in [-0.2, 0) is 4.79 Å². The summed E-state index contributed by atoms with van der Waals surface area (Å²) >= 11 is 5.96. The van der Waals surface area contributed by atoms with Crippen molar-refractivity contribution in [1.82, 2.24) is 9.80 Å². The number of piperazine rings is 1. The number of benzene rings is 2. The van der Waals surface area contributed by atoms with Gasteiger partial charge in [0.1, 0.15) is 5.75 Å². The Morgan fingerprint density at radius 2 is 1.56 bits per heavy atom. The molecule has 8 heteroatoms. The lowest BCUT2D eigenvalue weighted by Crippen LogP contribution is -2.50. The average Bonchev–Trinajstić information content (AvgIpc) is 2.82. The van der Waals surface area contributed by atoms with E-state index in [0.717, 1.165) is 11.3 Å². The van der Waals surface area contributed by atoms with Crippen LogP contribution in [0, 0.1) is 6.92 Å². The Labute approximate surface area is 193 Å². The molecular weight excluding hydrogens is 432 g/mol. The summed E-state index contributed by atoms with van der Waals surface area (Å²) in [4.78, 5) is 29.0. The Kier molecular flexibility index (Phi) is 8.22. The molecule has 32 heavy (non-hydrogen) atoms. The fourth-order valence-electron chi connectivity index (χ4n) is 3.65. The normalized spacial score (nSPS) is 13.6. The van der Waals surface area contributed by atoms with Crippen molar-refractivity contribution in [2.75, 3.05) is 47.0 Å². The minimum absolute atomic E-state index is 0.0789. The maximum absolute atomic E-state index is 12.8. The number of halogens is 1. The van der Waals surface area contributed by atoms with Crippen molar-refractivity contribution in [3.05, 3.63) is 52.5 Å². The minimum Gasteiger partial charge on any atom is -0.493 e. The summed E-state index contributed by atoms with van der Waals surface area (Å²) in [5.74, 6) is 1.88. The molecule has 1 fully saturated rings.